The maximum atomic E-state index is 13.0. The molecule has 1 amide bonds. The summed E-state index contributed by atoms with van der Waals surface area (Å²) in [6.45, 7) is 0.861. The Labute approximate surface area is 198 Å². The summed E-state index contributed by atoms with van der Waals surface area (Å²) >= 11 is 0. The Morgan fingerprint density at radius 3 is 2.44 bits per heavy atom. The highest BCUT2D eigenvalue weighted by Gasteiger charge is 2.25. The number of carbonyl (C=O) groups is 1. The quantitative estimate of drug-likeness (QED) is 0.292. The smallest absolute Gasteiger partial charge is 0.271 e. The van der Waals surface area contributed by atoms with Gasteiger partial charge in [-0.3, -0.25) is 14.9 Å². The molecule has 12 heteroatoms. The first-order valence-corrected chi connectivity index (χ1v) is 12.5. The zero-order valence-electron chi connectivity index (χ0n) is 18.7. The van der Waals surface area contributed by atoms with Crippen molar-refractivity contribution in [3.63, 3.8) is 0 Å². The van der Waals surface area contributed by atoms with Crippen LogP contribution in [-0.4, -0.2) is 61.4 Å². The third kappa shape index (κ3) is 6.65. The maximum absolute atomic E-state index is 13.0. The van der Waals surface area contributed by atoms with E-state index < -0.39 is 20.9 Å². The molecular weight excluding hydrogens is 462 g/mol. The molecule has 0 atom stereocenters. The van der Waals surface area contributed by atoms with Crippen molar-refractivity contribution >= 4 is 38.7 Å². The molecule has 1 saturated heterocycles. The average Bonchev–Trinajstić information content (AvgIpc) is 3.12. The van der Waals surface area contributed by atoms with Gasteiger partial charge in [-0.1, -0.05) is 18.9 Å². The number of hydrogen-bond acceptors (Lipinski definition) is 8. The van der Waals surface area contributed by atoms with Crippen molar-refractivity contribution in [3.8, 4) is 0 Å². The van der Waals surface area contributed by atoms with Crippen LogP contribution in [0.2, 0.25) is 0 Å². The summed E-state index contributed by atoms with van der Waals surface area (Å²) in [6.07, 6.45) is 3.68. The molecule has 3 rings (SSSR count). The first-order valence-electron chi connectivity index (χ1n) is 11.1. The fourth-order valence-corrected chi connectivity index (χ4v) is 5.25. The molecule has 0 aliphatic carbocycles. The van der Waals surface area contributed by atoms with Crippen LogP contribution in [0.1, 0.15) is 25.7 Å². The van der Waals surface area contributed by atoms with Gasteiger partial charge in [-0.25, -0.2) is 8.42 Å². The Hall–Kier alpha value is -3.22. The second kappa shape index (κ2) is 11.8. The van der Waals surface area contributed by atoms with Crippen LogP contribution in [0, 0.1) is 10.1 Å². The van der Waals surface area contributed by atoms with Crippen molar-refractivity contribution in [1.82, 2.24) is 4.31 Å². The van der Waals surface area contributed by atoms with E-state index in [9.17, 15) is 23.3 Å². The van der Waals surface area contributed by atoms with Crippen LogP contribution in [0.25, 0.3) is 0 Å². The first kappa shape index (κ1) is 25.4. The van der Waals surface area contributed by atoms with Crippen molar-refractivity contribution in [2.24, 2.45) is 0 Å². The third-order valence-corrected chi connectivity index (χ3v) is 7.30. The number of nitrogens with one attached hydrogen (secondary N) is 3. The van der Waals surface area contributed by atoms with Gasteiger partial charge in [0.2, 0.25) is 15.9 Å². The van der Waals surface area contributed by atoms with E-state index in [1.165, 1.54) is 34.6 Å². The van der Waals surface area contributed by atoms with Gasteiger partial charge in [0.25, 0.3) is 5.69 Å². The van der Waals surface area contributed by atoms with Gasteiger partial charge in [0, 0.05) is 37.5 Å². The minimum absolute atomic E-state index is 0.120. The van der Waals surface area contributed by atoms with Gasteiger partial charge in [-0.05, 0) is 37.1 Å². The van der Waals surface area contributed by atoms with Crippen LogP contribution < -0.4 is 16.0 Å². The number of aliphatic hydroxyl groups is 1. The molecule has 0 unspecified atom stereocenters. The van der Waals surface area contributed by atoms with Crippen molar-refractivity contribution in [2.75, 3.05) is 48.7 Å². The number of non-ortho nitro benzene ring substituents is 1. The van der Waals surface area contributed by atoms with Crippen molar-refractivity contribution in [3.05, 3.63) is 52.6 Å². The number of nitro groups is 1. The van der Waals surface area contributed by atoms with Crippen LogP contribution in [0.5, 0.6) is 0 Å². The molecular formula is C22H29N5O6S. The fourth-order valence-electron chi connectivity index (χ4n) is 3.68. The Bertz CT molecular complexity index is 1120. The summed E-state index contributed by atoms with van der Waals surface area (Å²) in [7, 11) is -3.65. The third-order valence-electron chi connectivity index (χ3n) is 5.40. The molecule has 0 aromatic heterocycles. The van der Waals surface area contributed by atoms with E-state index in [-0.39, 0.29) is 30.3 Å². The number of sulfonamides is 1. The highest BCUT2D eigenvalue weighted by atomic mass is 32.2. The summed E-state index contributed by atoms with van der Waals surface area (Å²) in [5, 5.41) is 28.5. The highest BCUT2D eigenvalue weighted by Crippen LogP contribution is 2.27. The molecule has 0 bridgehead atoms. The summed E-state index contributed by atoms with van der Waals surface area (Å²) in [5.74, 6) is -0.455. The van der Waals surface area contributed by atoms with E-state index in [0.29, 0.717) is 30.2 Å². The lowest BCUT2D eigenvalue weighted by Crippen LogP contribution is -2.32. The van der Waals surface area contributed by atoms with E-state index in [1.54, 1.807) is 12.1 Å². The maximum Gasteiger partial charge on any atom is 0.271 e. The van der Waals surface area contributed by atoms with Gasteiger partial charge in [-0.15, -0.1) is 0 Å². The monoisotopic (exact) mass is 491 g/mol. The van der Waals surface area contributed by atoms with Crippen molar-refractivity contribution in [1.29, 1.82) is 0 Å². The van der Waals surface area contributed by atoms with Gasteiger partial charge in [-0.2, -0.15) is 4.31 Å². The summed E-state index contributed by atoms with van der Waals surface area (Å²) in [4.78, 5) is 23.2. The van der Waals surface area contributed by atoms with Gasteiger partial charge >= 0.3 is 0 Å². The van der Waals surface area contributed by atoms with Gasteiger partial charge in [0.05, 0.1) is 34.3 Å². The second-order valence-corrected chi connectivity index (χ2v) is 9.82. The van der Waals surface area contributed by atoms with E-state index in [2.05, 4.69) is 16.0 Å². The van der Waals surface area contributed by atoms with E-state index >= 15 is 0 Å². The zero-order chi connectivity index (χ0) is 24.6. The predicted molar refractivity (Wildman–Crippen MR) is 129 cm³/mol. The number of benzene rings is 2. The molecule has 0 spiro atoms. The first-order chi connectivity index (χ1) is 16.3. The van der Waals surface area contributed by atoms with Crippen LogP contribution in [0.3, 0.4) is 0 Å². The molecule has 2 aromatic carbocycles. The van der Waals surface area contributed by atoms with Crippen LogP contribution in [-0.2, 0) is 14.8 Å². The Kier molecular flexibility index (Phi) is 8.79. The number of hydrogen-bond donors (Lipinski definition) is 4. The average molecular weight is 492 g/mol. The second-order valence-electron chi connectivity index (χ2n) is 7.89. The van der Waals surface area contributed by atoms with Crippen molar-refractivity contribution in [2.45, 2.75) is 30.6 Å². The number of nitrogens with zero attached hydrogens (tertiary/aromatic N) is 2. The van der Waals surface area contributed by atoms with Gasteiger partial charge in [0.15, 0.2) is 0 Å². The number of carbonyl (C=O) groups excluding carboxylic acids is 1. The number of amides is 1. The molecule has 1 aliphatic heterocycles. The Balaban J connectivity index is 1.68. The lowest BCUT2D eigenvalue weighted by atomic mass is 10.2. The summed E-state index contributed by atoms with van der Waals surface area (Å²) in [5.41, 5.74) is 1.01. The standard InChI is InChI=1S/C22H29N5O6S/c28-13-10-23-20-9-8-18(27(30)31)15-21(20)24-16-22(29)25-17-6-5-7-19(14-17)34(32,33)26-11-3-1-2-4-12-26/h5-9,14-15,23-24,28H,1-4,10-13,16H2,(H,25,29). The number of nitro benzene ring substituents is 1. The normalized spacial score (nSPS) is 14.7. The highest BCUT2D eigenvalue weighted by molar-refractivity contribution is 7.89. The fraction of sp³-hybridized carbons (Fsp3) is 0.409. The van der Waals surface area contributed by atoms with E-state index in [1.807, 2.05) is 0 Å². The summed E-state index contributed by atoms with van der Waals surface area (Å²) < 4.78 is 27.5. The molecule has 34 heavy (non-hydrogen) atoms. The predicted octanol–water partition coefficient (Wildman–Crippen LogP) is 2.61. The Morgan fingerprint density at radius 2 is 1.76 bits per heavy atom. The van der Waals surface area contributed by atoms with Crippen LogP contribution in [0.15, 0.2) is 47.4 Å². The SMILES string of the molecule is O=C(CNc1cc([N+](=O)[O-])ccc1NCCO)Nc1cccc(S(=O)(=O)N2CCCCCC2)c1. The van der Waals surface area contributed by atoms with Crippen LogP contribution in [0.4, 0.5) is 22.7 Å². The number of anilines is 3. The zero-order valence-corrected chi connectivity index (χ0v) is 19.5. The molecule has 11 nitrogen and oxygen atoms in total. The van der Waals surface area contributed by atoms with Gasteiger partial charge < -0.3 is 21.1 Å². The van der Waals surface area contributed by atoms with Gasteiger partial charge in [0.1, 0.15) is 0 Å². The summed E-state index contributed by atoms with van der Waals surface area (Å²) in [6, 6.07) is 10.2. The number of rotatable bonds is 10. The van der Waals surface area contributed by atoms with E-state index in [4.69, 9.17) is 5.11 Å². The van der Waals surface area contributed by atoms with Crippen molar-refractivity contribution < 1.29 is 23.2 Å². The lowest BCUT2D eigenvalue weighted by Gasteiger charge is -2.20. The topological polar surface area (TPSA) is 154 Å². The van der Waals surface area contributed by atoms with E-state index in [0.717, 1.165) is 25.7 Å². The Morgan fingerprint density at radius 1 is 1.03 bits per heavy atom. The largest absolute Gasteiger partial charge is 0.395 e. The minimum Gasteiger partial charge on any atom is -0.395 e. The molecule has 0 saturated carbocycles. The molecule has 4 N–H and O–H groups in total. The van der Waals surface area contributed by atoms with Crippen LogP contribution >= 0.6 is 0 Å². The molecule has 1 aliphatic rings. The number of aliphatic hydroxyl groups excluding tert-OH is 1. The molecule has 2 aromatic rings. The molecule has 1 heterocycles. The molecule has 1 fully saturated rings. The molecule has 0 radical (unpaired) electrons. The lowest BCUT2D eigenvalue weighted by molar-refractivity contribution is -0.384. The molecule has 184 valence electrons. The minimum atomic E-state index is -3.65.